The van der Waals surface area contributed by atoms with E-state index in [1.54, 1.807) is 0 Å². The van der Waals surface area contributed by atoms with Crippen molar-refractivity contribution in [3.63, 3.8) is 0 Å². The van der Waals surface area contributed by atoms with E-state index < -0.39 is 0 Å². The fourth-order valence-corrected chi connectivity index (χ4v) is 4.40. The lowest BCUT2D eigenvalue weighted by molar-refractivity contribution is 0.0833. The summed E-state index contributed by atoms with van der Waals surface area (Å²) in [5, 5.41) is 7.79. The summed E-state index contributed by atoms with van der Waals surface area (Å²) >= 11 is 0. The van der Waals surface area contributed by atoms with Crippen LogP contribution in [0.25, 0.3) is 11.3 Å². The SMILES string of the molecule is Cc1ccnc(Cn2cc3c(n2)-c2c(oc(C(=O)NC[C@@H]4CCCO4)c2C)CC3)c1. The Balaban J connectivity index is 1.38. The number of fused-ring (bicyclic) bond motifs is 3. The molecule has 1 amide bonds. The lowest BCUT2D eigenvalue weighted by Crippen LogP contribution is -2.31. The minimum Gasteiger partial charge on any atom is -0.455 e. The molecule has 3 aromatic heterocycles. The Bertz CT molecular complexity index is 1090. The van der Waals surface area contributed by atoms with Crippen molar-refractivity contribution in [1.29, 1.82) is 0 Å². The molecule has 0 bridgehead atoms. The van der Waals surface area contributed by atoms with Crippen LogP contribution in [0.4, 0.5) is 0 Å². The van der Waals surface area contributed by atoms with Crippen LogP contribution >= 0.6 is 0 Å². The van der Waals surface area contributed by atoms with Crippen molar-refractivity contribution >= 4 is 5.91 Å². The summed E-state index contributed by atoms with van der Waals surface area (Å²) in [5.74, 6) is 1.06. The van der Waals surface area contributed by atoms with Gasteiger partial charge in [-0.05, 0) is 56.4 Å². The summed E-state index contributed by atoms with van der Waals surface area (Å²) in [5.41, 5.74) is 6.09. The van der Waals surface area contributed by atoms with E-state index in [-0.39, 0.29) is 12.0 Å². The van der Waals surface area contributed by atoms with E-state index >= 15 is 0 Å². The Labute approximate surface area is 175 Å². The first-order valence-electron chi connectivity index (χ1n) is 10.6. The zero-order valence-electron chi connectivity index (χ0n) is 17.4. The number of hydrogen-bond acceptors (Lipinski definition) is 5. The summed E-state index contributed by atoms with van der Waals surface area (Å²) in [6.45, 7) is 5.92. The molecule has 3 aromatic rings. The number of furan rings is 1. The van der Waals surface area contributed by atoms with Gasteiger partial charge in [0.2, 0.25) is 0 Å². The summed E-state index contributed by atoms with van der Waals surface area (Å²) in [6, 6.07) is 4.07. The number of carbonyl (C=O) groups excluding carboxylic acids is 1. The van der Waals surface area contributed by atoms with Crippen molar-refractivity contribution in [2.24, 2.45) is 0 Å². The average Bonchev–Trinajstić information content (AvgIpc) is 3.44. The van der Waals surface area contributed by atoms with Crippen LogP contribution in [0.3, 0.4) is 0 Å². The lowest BCUT2D eigenvalue weighted by atomic mass is 9.93. The molecule has 1 aliphatic heterocycles. The number of carbonyl (C=O) groups is 1. The van der Waals surface area contributed by atoms with Gasteiger partial charge in [-0.25, -0.2) is 0 Å². The highest BCUT2D eigenvalue weighted by atomic mass is 16.5. The second-order valence-electron chi connectivity index (χ2n) is 8.22. The quantitative estimate of drug-likeness (QED) is 0.704. The molecule has 4 heterocycles. The van der Waals surface area contributed by atoms with Crippen LogP contribution in [0.1, 0.15) is 51.5 Å². The molecule has 2 aliphatic rings. The monoisotopic (exact) mass is 406 g/mol. The van der Waals surface area contributed by atoms with E-state index in [1.165, 1.54) is 11.1 Å². The molecule has 1 aliphatic carbocycles. The molecule has 7 nitrogen and oxygen atoms in total. The van der Waals surface area contributed by atoms with Crippen molar-refractivity contribution in [2.75, 3.05) is 13.2 Å². The van der Waals surface area contributed by atoms with Crippen molar-refractivity contribution in [3.8, 4) is 11.3 Å². The topological polar surface area (TPSA) is 82.2 Å². The average molecular weight is 406 g/mol. The van der Waals surface area contributed by atoms with Gasteiger partial charge < -0.3 is 14.5 Å². The van der Waals surface area contributed by atoms with Crippen molar-refractivity contribution in [2.45, 2.75) is 52.2 Å². The molecule has 0 radical (unpaired) electrons. The number of aromatic nitrogens is 3. The third-order valence-electron chi connectivity index (χ3n) is 5.93. The maximum Gasteiger partial charge on any atom is 0.287 e. The van der Waals surface area contributed by atoms with Gasteiger partial charge in [0.15, 0.2) is 5.76 Å². The highest BCUT2D eigenvalue weighted by molar-refractivity contribution is 5.95. The van der Waals surface area contributed by atoms with Gasteiger partial charge in [-0.15, -0.1) is 0 Å². The zero-order valence-corrected chi connectivity index (χ0v) is 17.4. The standard InChI is InChI=1S/C23H26N4O3/c1-14-7-8-24-17(10-14)13-27-12-16-5-6-19-20(21(16)26-27)15(2)22(30-19)23(28)25-11-18-4-3-9-29-18/h7-8,10,12,18H,3-6,9,11,13H2,1-2H3,(H,25,28)/t18-/m0/s1. The summed E-state index contributed by atoms with van der Waals surface area (Å²) in [7, 11) is 0. The third kappa shape index (κ3) is 3.54. The zero-order chi connectivity index (χ0) is 20.7. The van der Waals surface area contributed by atoms with E-state index in [9.17, 15) is 4.79 Å². The highest BCUT2D eigenvalue weighted by Gasteiger charge is 2.30. The predicted molar refractivity (Wildman–Crippen MR) is 111 cm³/mol. The van der Waals surface area contributed by atoms with Crippen LogP contribution in [-0.4, -0.2) is 39.9 Å². The molecule has 1 atom stereocenters. The van der Waals surface area contributed by atoms with Crippen molar-refractivity contribution in [3.05, 3.63) is 58.4 Å². The van der Waals surface area contributed by atoms with Crippen LogP contribution < -0.4 is 5.32 Å². The van der Waals surface area contributed by atoms with Gasteiger partial charge >= 0.3 is 0 Å². The first-order chi connectivity index (χ1) is 14.6. The molecule has 7 heteroatoms. The maximum absolute atomic E-state index is 12.7. The molecule has 1 fully saturated rings. The van der Waals surface area contributed by atoms with E-state index in [0.717, 1.165) is 60.6 Å². The fraction of sp³-hybridized carbons (Fsp3) is 0.435. The van der Waals surface area contributed by atoms with Gasteiger partial charge in [0.05, 0.1) is 24.0 Å². The molecule has 0 spiro atoms. The number of hydrogen-bond donors (Lipinski definition) is 1. The number of nitrogens with one attached hydrogen (secondary N) is 1. The maximum atomic E-state index is 12.7. The van der Waals surface area contributed by atoms with Crippen molar-refractivity contribution in [1.82, 2.24) is 20.1 Å². The molecule has 0 unspecified atom stereocenters. The molecule has 1 N–H and O–H groups in total. The largest absolute Gasteiger partial charge is 0.455 e. The number of pyridine rings is 1. The van der Waals surface area contributed by atoms with Crippen LogP contribution in [0.2, 0.25) is 0 Å². The first kappa shape index (κ1) is 19.1. The lowest BCUT2D eigenvalue weighted by Gasteiger charge is -2.10. The van der Waals surface area contributed by atoms with Crippen LogP contribution in [-0.2, 0) is 24.1 Å². The molecular weight excluding hydrogens is 380 g/mol. The number of rotatable bonds is 5. The Morgan fingerprint density at radius 2 is 2.23 bits per heavy atom. The number of amides is 1. The molecule has 0 saturated carbocycles. The molecule has 1 saturated heterocycles. The van der Waals surface area contributed by atoms with Crippen LogP contribution in [0, 0.1) is 13.8 Å². The fourth-order valence-electron chi connectivity index (χ4n) is 4.40. The van der Waals surface area contributed by atoms with Gasteiger partial charge in [0, 0.05) is 43.1 Å². The molecule has 0 aromatic carbocycles. The minimum atomic E-state index is -0.178. The summed E-state index contributed by atoms with van der Waals surface area (Å²) in [6.07, 6.45) is 7.70. The normalized spacial score (nSPS) is 17.6. The van der Waals surface area contributed by atoms with Gasteiger partial charge in [-0.1, -0.05) is 0 Å². The van der Waals surface area contributed by atoms with Crippen LogP contribution in [0.15, 0.2) is 28.9 Å². The van der Waals surface area contributed by atoms with E-state index in [0.29, 0.717) is 18.8 Å². The minimum absolute atomic E-state index is 0.108. The summed E-state index contributed by atoms with van der Waals surface area (Å²) < 4.78 is 13.5. The molecule has 156 valence electrons. The second kappa shape index (κ2) is 7.72. The van der Waals surface area contributed by atoms with Gasteiger partial charge in [-0.2, -0.15) is 5.10 Å². The van der Waals surface area contributed by atoms with E-state index in [4.69, 9.17) is 14.3 Å². The second-order valence-corrected chi connectivity index (χ2v) is 8.22. The Morgan fingerprint density at radius 3 is 3.03 bits per heavy atom. The van der Waals surface area contributed by atoms with Gasteiger partial charge in [0.25, 0.3) is 5.91 Å². The predicted octanol–water partition coefficient (Wildman–Crippen LogP) is 3.21. The number of aryl methyl sites for hydroxylation is 3. The highest BCUT2D eigenvalue weighted by Crippen LogP contribution is 2.38. The Morgan fingerprint density at radius 1 is 1.33 bits per heavy atom. The number of nitrogens with zero attached hydrogens (tertiary/aromatic N) is 3. The van der Waals surface area contributed by atoms with E-state index in [2.05, 4.69) is 29.5 Å². The Kier molecular flexibility index (Phi) is 4.90. The van der Waals surface area contributed by atoms with Crippen molar-refractivity contribution < 1.29 is 13.9 Å². The molecular formula is C23H26N4O3. The molecule has 5 rings (SSSR count). The van der Waals surface area contributed by atoms with Gasteiger partial charge in [-0.3, -0.25) is 14.5 Å². The Hall–Kier alpha value is -2.93. The number of ether oxygens (including phenoxy) is 1. The van der Waals surface area contributed by atoms with Crippen LogP contribution in [0.5, 0.6) is 0 Å². The van der Waals surface area contributed by atoms with E-state index in [1.807, 2.05) is 23.9 Å². The summed E-state index contributed by atoms with van der Waals surface area (Å²) in [4.78, 5) is 17.2. The first-order valence-corrected chi connectivity index (χ1v) is 10.6. The van der Waals surface area contributed by atoms with Gasteiger partial charge in [0.1, 0.15) is 5.76 Å². The third-order valence-corrected chi connectivity index (χ3v) is 5.93. The molecule has 30 heavy (non-hydrogen) atoms. The smallest absolute Gasteiger partial charge is 0.287 e.